The third-order valence-corrected chi connectivity index (χ3v) is 3.67. The number of hydrogen-bond donors (Lipinski definition) is 2. The SMILES string of the molecule is CCCCCCCCCCCCCC(=O)O.CCCNN(C)C. The molecule has 0 saturated heterocycles. The van der Waals surface area contributed by atoms with E-state index in [2.05, 4.69) is 19.3 Å². The molecule has 4 nitrogen and oxygen atoms in total. The molecular formula is C19H42N2O2. The van der Waals surface area contributed by atoms with Gasteiger partial charge in [-0.25, -0.2) is 0 Å². The molecule has 0 aromatic rings. The van der Waals surface area contributed by atoms with Crippen LogP contribution in [0.4, 0.5) is 0 Å². The van der Waals surface area contributed by atoms with Gasteiger partial charge in [0.25, 0.3) is 0 Å². The summed E-state index contributed by atoms with van der Waals surface area (Å²) in [4.78, 5) is 10.3. The van der Waals surface area contributed by atoms with Gasteiger partial charge in [-0.15, -0.1) is 0 Å². The summed E-state index contributed by atoms with van der Waals surface area (Å²) in [5, 5.41) is 10.4. The van der Waals surface area contributed by atoms with Crippen LogP contribution < -0.4 is 5.43 Å². The number of hydrogen-bond acceptors (Lipinski definition) is 3. The Bertz CT molecular complexity index is 233. The lowest BCUT2D eigenvalue weighted by Crippen LogP contribution is -2.30. The van der Waals surface area contributed by atoms with Gasteiger partial charge in [-0.05, 0) is 12.8 Å². The Balaban J connectivity index is 0. The van der Waals surface area contributed by atoms with Crippen molar-refractivity contribution in [3.8, 4) is 0 Å². The van der Waals surface area contributed by atoms with Crippen LogP contribution in [0.1, 0.15) is 97.3 Å². The van der Waals surface area contributed by atoms with Crippen molar-refractivity contribution < 1.29 is 9.90 Å². The van der Waals surface area contributed by atoms with Gasteiger partial charge in [-0.3, -0.25) is 15.2 Å². The molecular weight excluding hydrogens is 288 g/mol. The number of nitrogens with one attached hydrogen (secondary N) is 1. The minimum absolute atomic E-state index is 0.344. The van der Waals surface area contributed by atoms with Crippen LogP contribution in [0.15, 0.2) is 0 Å². The molecule has 0 radical (unpaired) electrons. The van der Waals surface area contributed by atoms with Gasteiger partial charge in [-0.1, -0.05) is 78.1 Å². The third kappa shape index (κ3) is 29.9. The van der Waals surface area contributed by atoms with Crippen LogP contribution >= 0.6 is 0 Å². The first-order chi connectivity index (χ1) is 11.0. The standard InChI is InChI=1S/C14H28O2.C5H14N2/c1-2-3-4-5-6-7-8-9-10-11-12-13-14(15)16;1-4-5-6-7(2)3/h2-13H2,1H3,(H,15,16);6H,4-5H2,1-3H3. The van der Waals surface area contributed by atoms with Gasteiger partial charge in [0.15, 0.2) is 0 Å². The maximum atomic E-state index is 10.3. The summed E-state index contributed by atoms with van der Waals surface area (Å²) in [7, 11) is 3.99. The van der Waals surface area contributed by atoms with Crippen molar-refractivity contribution in [1.29, 1.82) is 0 Å². The van der Waals surface area contributed by atoms with E-state index in [-0.39, 0.29) is 0 Å². The normalized spacial score (nSPS) is 10.5. The van der Waals surface area contributed by atoms with Crippen molar-refractivity contribution >= 4 is 5.97 Å². The molecule has 0 bridgehead atoms. The topological polar surface area (TPSA) is 52.6 Å². The molecule has 0 aromatic heterocycles. The van der Waals surface area contributed by atoms with E-state index >= 15 is 0 Å². The molecule has 0 aliphatic rings. The average Bonchev–Trinajstić information content (AvgIpc) is 2.51. The fraction of sp³-hybridized carbons (Fsp3) is 0.947. The van der Waals surface area contributed by atoms with Crippen LogP contribution in [0, 0.1) is 0 Å². The zero-order valence-corrected chi connectivity index (χ0v) is 16.2. The second-order valence-electron chi connectivity index (χ2n) is 6.48. The van der Waals surface area contributed by atoms with Gasteiger partial charge >= 0.3 is 5.97 Å². The Labute approximate surface area is 145 Å². The number of carboxylic acids is 1. The highest BCUT2D eigenvalue weighted by molar-refractivity contribution is 5.66. The minimum atomic E-state index is -0.657. The van der Waals surface area contributed by atoms with Crippen molar-refractivity contribution in [2.24, 2.45) is 0 Å². The monoisotopic (exact) mass is 330 g/mol. The molecule has 0 fully saturated rings. The molecule has 0 aliphatic carbocycles. The second-order valence-corrected chi connectivity index (χ2v) is 6.48. The van der Waals surface area contributed by atoms with E-state index in [1.165, 1.54) is 64.2 Å². The predicted octanol–water partition coefficient (Wildman–Crippen LogP) is 5.23. The summed E-state index contributed by atoms with van der Waals surface area (Å²) in [5.41, 5.74) is 3.13. The summed E-state index contributed by atoms with van der Waals surface area (Å²) in [6.07, 6.45) is 15.6. The lowest BCUT2D eigenvalue weighted by Gasteiger charge is -2.08. The highest BCUT2D eigenvalue weighted by atomic mass is 16.4. The molecule has 2 N–H and O–H groups in total. The Hall–Kier alpha value is -0.610. The zero-order chi connectivity index (χ0) is 17.8. The first kappa shape index (κ1) is 24.6. The molecule has 0 rings (SSSR count). The molecule has 23 heavy (non-hydrogen) atoms. The van der Waals surface area contributed by atoms with E-state index in [9.17, 15) is 4.79 Å². The largest absolute Gasteiger partial charge is 0.481 e. The van der Waals surface area contributed by atoms with Crippen LogP contribution in [0.5, 0.6) is 0 Å². The number of nitrogens with zero attached hydrogens (tertiary/aromatic N) is 1. The summed E-state index contributed by atoms with van der Waals surface area (Å²) in [6.45, 7) is 5.47. The second kappa shape index (κ2) is 21.4. The molecule has 0 atom stereocenters. The molecule has 0 unspecified atom stereocenters. The Morgan fingerprint density at radius 3 is 1.52 bits per heavy atom. The Morgan fingerprint density at radius 2 is 1.22 bits per heavy atom. The van der Waals surface area contributed by atoms with Crippen molar-refractivity contribution in [3.63, 3.8) is 0 Å². The third-order valence-electron chi connectivity index (χ3n) is 3.67. The van der Waals surface area contributed by atoms with Crippen LogP contribution in [0.3, 0.4) is 0 Å². The highest BCUT2D eigenvalue weighted by Crippen LogP contribution is 2.11. The van der Waals surface area contributed by atoms with Crippen molar-refractivity contribution in [2.75, 3.05) is 20.6 Å². The molecule has 0 saturated carbocycles. The van der Waals surface area contributed by atoms with E-state index in [4.69, 9.17) is 5.11 Å². The summed E-state index contributed by atoms with van der Waals surface area (Å²) < 4.78 is 0. The minimum Gasteiger partial charge on any atom is -0.481 e. The lowest BCUT2D eigenvalue weighted by molar-refractivity contribution is -0.137. The number of carboxylic acid groups (broad SMARTS) is 1. The number of hydrazine groups is 1. The summed E-state index contributed by atoms with van der Waals surface area (Å²) in [5.74, 6) is -0.657. The first-order valence-corrected chi connectivity index (χ1v) is 9.67. The first-order valence-electron chi connectivity index (χ1n) is 9.67. The highest BCUT2D eigenvalue weighted by Gasteiger charge is 1.96. The molecule has 0 aliphatic heterocycles. The Kier molecular flexibility index (Phi) is 22.9. The fourth-order valence-electron chi connectivity index (χ4n) is 2.28. The van der Waals surface area contributed by atoms with Gasteiger partial charge < -0.3 is 5.11 Å². The van der Waals surface area contributed by atoms with E-state index in [1.54, 1.807) is 0 Å². The van der Waals surface area contributed by atoms with Gasteiger partial charge in [-0.2, -0.15) is 0 Å². The fourth-order valence-corrected chi connectivity index (χ4v) is 2.28. The summed E-state index contributed by atoms with van der Waals surface area (Å²) in [6, 6.07) is 0. The zero-order valence-electron chi connectivity index (χ0n) is 16.2. The molecule has 0 aromatic carbocycles. The van der Waals surface area contributed by atoms with Crippen LogP contribution in [0.25, 0.3) is 0 Å². The number of rotatable bonds is 15. The van der Waals surface area contributed by atoms with Crippen LogP contribution in [0.2, 0.25) is 0 Å². The van der Waals surface area contributed by atoms with Crippen LogP contribution in [-0.2, 0) is 4.79 Å². The average molecular weight is 331 g/mol. The van der Waals surface area contributed by atoms with Gasteiger partial charge in [0.1, 0.15) is 0 Å². The molecule has 0 spiro atoms. The van der Waals surface area contributed by atoms with Crippen LogP contribution in [-0.4, -0.2) is 36.7 Å². The maximum Gasteiger partial charge on any atom is 0.303 e. The molecule has 4 heteroatoms. The van der Waals surface area contributed by atoms with Gasteiger partial charge in [0.05, 0.1) is 0 Å². The molecule has 140 valence electrons. The van der Waals surface area contributed by atoms with E-state index in [0.29, 0.717) is 6.42 Å². The number of unbranched alkanes of at least 4 members (excludes halogenated alkanes) is 10. The summed E-state index contributed by atoms with van der Waals surface area (Å²) >= 11 is 0. The van der Waals surface area contributed by atoms with Crippen molar-refractivity contribution in [2.45, 2.75) is 97.3 Å². The quantitative estimate of drug-likeness (QED) is 0.319. The lowest BCUT2D eigenvalue weighted by atomic mass is 10.1. The Morgan fingerprint density at radius 1 is 0.783 bits per heavy atom. The van der Waals surface area contributed by atoms with Crippen molar-refractivity contribution in [1.82, 2.24) is 10.4 Å². The van der Waals surface area contributed by atoms with E-state index in [0.717, 1.165) is 19.4 Å². The molecule has 0 heterocycles. The smallest absolute Gasteiger partial charge is 0.303 e. The van der Waals surface area contributed by atoms with E-state index < -0.39 is 5.97 Å². The van der Waals surface area contributed by atoms with Gasteiger partial charge in [0, 0.05) is 27.1 Å². The van der Waals surface area contributed by atoms with Crippen molar-refractivity contribution in [3.05, 3.63) is 0 Å². The number of carbonyl (C=O) groups is 1. The predicted molar refractivity (Wildman–Crippen MR) is 101 cm³/mol. The number of aliphatic carboxylic acids is 1. The van der Waals surface area contributed by atoms with E-state index in [1.807, 2.05) is 19.1 Å². The molecule has 0 amide bonds. The van der Waals surface area contributed by atoms with Gasteiger partial charge in [0.2, 0.25) is 0 Å². The maximum absolute atomic E-state index is 10.3.